The average molecular weight is 302 g/mol. The zero-order chi connectivity index (χ0) is 13.8. The molecule has 0 fully saturated rings. The first-order valence-corrected chi connectivity index (χ1v) is 6.46. The summed E-state index contributed by atoms with van der Waals surface area (Å²) in [6.07, 6.45) is 3.12. The molecule has 2 aromatic carbocycles. The molecule has 1 atom stereocenters. The van der Waals surface area contributed by atoms with Crippen LogP contribution in [0.4, 0.5) is 8.78 Å². The van der Waals surface area contributed by atoms with Crippen LogP contribution in [0, 0.1) is 11.6 Å². The summed E-state index contributed by atoms with van der Waals surface area (Å²) in [6.45, 7) is 0. The number of hydrogen-bond acceptors (Lipinski definition) is 2. The summed E-state index contributed by atoms with van der Waals surface area (Å²) < 4.78 is 47.4. The molecule has 6 heteroatoms. The van der Waals surface area contributed by atoms with Crippen molar-refractivity contribution in [3.8, 4) is 0 Å². The fraction of sp³-hybridized carbons (Fsp3) is 0. The normalized spacial score (nSPS) is 12.2. The van der Waals surface area contributed by atoms with Crippen LogP contribution >= 0.6 is 0 Å². The molecule has 0 saturated heterocycles. The van der Waals surface area contributed by atoms with Crippen LogP contribution in [0.1, 0.15) is 11.1 Å². The number of halogens is 2. The van der Waals surface area contributed by atoms with Crippen molar-refractivity contribution in [1.29, 1.82) is 0 Å². The van der Waals surface area contributed by atoms with E-state index in [9.17, 15) is 17.5 Å². The Balaban J connectivity index is 0.00000200. The van der Waals surface area contributed by atoms with Crippen LogP contribution in [0.5, 0.6) is 0 Å². The maximum atomic E-state index is 13.4. The van der Waals surface area contributed by atoms with Gasteiger partial charge in [0, 0.05) is 16.5 Å². The van der Waals surface area contributed by atoms with Gasteiger partial charge in [0.05, 0.1) is 0 Å². The third-order valence-electron chi connectivity index (χ3n) is 2.49. The van der Waals surface area contributed by atoms with Crippen molar-refractivity contribution in [2.75, 3.05) is 0 Å². The molecule has 0 aliphatic rings. The zero-order valence-electron chi connectivity index (χ0n) is 10.7. The van der Waals surface area contributed by atoms with Crippen molar-refractivity contribution < 1.29 is 47.1 Å². The molecule has 0 bridgehead atoms. The van der Waals surface area contributed by atoms with Crippen LogP contribution in [-0.2, 0) is 11.1 Å². The van der Waals surface area contributed by atoms with Crippen molar-refractivity contribution in [1.82, 2.24) is 0 Å². The van der Waals surface area contributed by atoms with Gasteiger partial charge >= 0.3 is 29.6 Å². The van der Waals surface area contributed by atoms with E-state index in [-0.39, 0.29) is 40.0 Å². The van der Waals surface area contributed by atoms with Gasteiger partial charge in [0.15, 0.2) is 0 Å². The first-order valence-electron chi connectivity index (χ1n) is 5.39. The van der Waals surface area contributed by atoms with Crippen LogP contribution < -0.4 is 29.6 Å². The Morgan fingerprint density at radius 3 is 2.20 bits per heavy atom. The minimum atomic E-state index is -2.26. The first kappa shape index (κ1) is 17.2. The molecule has 0 saturated carbocycles. The van der Waals surface area contributed by atoms with Gasteiger partial charge in [-0.05, 0) is 40.9 Å². The van der Waals surface area contributed by atoms with Crippen LogP contribution in [0.15, 0.2) is 47.4 Å². The van der Waals surface area contributed by atoms with Crippen molar-refractivity contribution >= 4 is 23.2 Å². The van der Waals surface area contributed by atoms with Gasteiger partial charge in [-0.25, -0.2) is 8.78 Å². The van der Waals surface area contributed by atoms with Gasteiger partial charge < -0.3 is 4.55 Å². The molecule has 2 aromatic rings. The predicted molar refractivity (Wildman–Crippen MR) is 68.9 cm³/mol. The van der Waals surface area contributed by atoms with Crippen LogP contribution in [0.3, 0.4) is 0 Å². The third kappa shape index (κ3) is 4.61. The Hall–Kier alpha value is -0.850. The van der Waals surface area contributed by atoms with Crippen molar-refractivity contribution in [2.45, 2.75) is 4.90 Å². The second kappa shape index (κ2) is 7.81. The van der Waals surface area contributed by atoms with Gasteiger partial charge in [-0.3, -0.25) is 4.21 Å². The van der Waals surface area contributed by atoms with E-state index in [1.165, 1.54) is 30.3 Å². The molecule has 0 amide bonds. The Morgan fingerprint density at radius 1 is 1.00 bits per heavy atom. The molecule has 98 valence electrons. The monoisotopic (exact) mass is 302 g/mol. The summed E-state index contributed by atoms with van der Waals surface area (Å²) in [5.74, 6) is -1.27. The second-order valence-electron chi connectivity index (χ2n) is 3.80. The maximum absolute atomic E-state index is 13.4. The number of rotatable bonds is 3. The zero-order valence-corrected chi connectivity index (χ0v) is 13.5. The van der Waals surface area contributed by atoms with E-state index >= 15 is 0 Å². The smallest absolute Gasteiger partial charge is 0.768 e. The summed E-state index contributed by atoms with van der Waals surface area (Å²) in [5.41, 5.74) is 0.982. The second-order valence-corrected chi connectivity index (χ2v) is 4.74. The van der Waals surface area contributed by atoms with E-state index in [1.807, 2.05) is 0 Å². The first-order chi connectivity index (χ1) is 9.06. The van der Waals surface area contributed by atoms with Crippen LogP contribution in [0.25, 0.3) is 12.2 Å². The van der Waals surface area contributed by atoms with E-state index in [4.69, 9.17) is 0 Å². The van der Waals surface area contributed by atoms with E-state index < -0.39 is 22.7 Å². The fourth-order valence-corrected chi connectivity index (χ4v) is 1.87. The minimum absolute atomic E-state index is 0. The van der Waals surface area contributed by atoms with Crippen LogP contribution in [0.2, 0.25) is 0 Å². The molecule has 2 nitrogen and oxygen atoms in total. The summed E-state index contributed by atoms with van der Waals surface area (Å²) in [5, 5.41) is 0. The Labute approximate surface area is 140 Å². The molecular weight excluding hydrogens is 293 g/mol. The van der Waals surface area contributed by atoms with Crippen molar-refractivity contribution in [3.63, 3.8) is 0 Å². The summed E-state index contributed by atoms with van der Waals surface area (Å²) in [6, 6.07) is 9.41. The standard InChI is InChI=1S/C14H10F2O2S.Na/c15-12-6-5-11(14(16)9-12)4-1-10-2-7-13(8-3-10)19(17)18;/h1-9H,(H,17,18);/q;+1/p-1/b4-1+;. The molecule has 0 radical (unpaired) electrons. The summed E-state index contributed by atoms with van der Waals surface area (Å²) in [7, 11) is 0. The van der Waals surface area contributed by atoms with E-state index in [0.717, 1.165) is 11.6 Å². The van der Waals surface area contributed by atoms with E-state index in [0.29, 0.717) is 0 Å². The predicted octanol–water partition coefficient (Wildman–Crippen LogP) is 0.377. The topological polar surface area (TPSA) is 40.1 Å². The van der Waals surface area contributed by atoms with Crippen LogP contribution in [-0.4, -0.2) is 8.76 Å². The summed E-state index contributed by atoms with van der Waals surface area (Å²) >= 11 is -2.26. The van der Waals surface area contributed by atoms with Crippen molar-refractivity contribution in [3.05, 3.63) is 65.2 Å². The minimum Gasteiger partial charge on any atom is -0.768 e. The van der Waals surface area contributed by atoms with Crippen molar-refractivity contribution in [2.24, 2.45) is 0 Å². The molecule has 0 spiro atoms. The largest absolute Gasteiger partial charge is 1.00 e. The quantitative estimate of drug-likeness (QED) is 0.467. The van der Waals surface area contributed by atoms with Gasteiger partial charge in [0.2, 0.25) is 0 Å². The molecule has 1 unspecified atom stereocenters. The molecule has 0 heterocycles. The molecule has 0 N–H and O–H groups in total. The maximum Gasteiger partial charge on any atom is 1.00 e. The molecule has 20 heavy (non-hydrogen) atoms. The molecule has 0 aromatic heterocycles. The summed E-state index contributed by atoms with van der Waals surface area (Å²) in [4.78, 5) is 0.185. The Morgan fingerprint density at radius 2 is 1.65 bits per heavy atom. The molecular formula is C14H9F2NaO2S. The third-order valence-corrected chi connectivity index (χ3v) is 3.15. The molecule has 0 aliphatic heterocycles. The molecule has 2 rings (SSSR count). The average Bonchev–Trinajstić information content (AvgIpc) is 2.38. The number of hydrogen-bond donors (Lipinski definition) is 0. The van der Waals surface area contributed by atoms with Gasteiger partial charge in [0.1, 0.15) is 11.6 Å². The molecule has 0 aliphatic carbocycles. The van der Waals surface area contributed by atoms with Gasteiger partial charge in [-0.1, -0.05) is 24.3 Å². The Kier molecular flexibility index (Phi) is 6.71. The van der Waals surface area contributed by atoms with Gasteiger partial charge in [-0.15, -0.1) is 0 Å². The van der Waals surface area contributed by atoms with E-state index in [2.05, 4.69) is 0 Å². The van der Waals surface area contributed by atoms with Gasteiger partial charge in [0.25, 0.3) is 0 Å². The number of benzene rings is 2. The van der Waals surface area contributed by atoms with E-state index in [1.54, 1.807) is 18.2 Å². The van der Waals surface area contributed by atoms with Gasteiger partial charge in [-0.2, -0.15) is 0 Å². The fourth-order valence-electron chi connectivity index (χ4n) is 1.51. The Bertz CT molecular complexity index is 642. The SMILES string of the molecule is O=S([O-])c1ccc(/C=C/c2ccc(F)cc2F)cc1.[Na+].